The number of Topliss-reactive ketones (excluding diaryl/α,β-unsaturated/α-hetero) is 1. The maximum absolute atomic E-state index is 13.1. The van der Waals surface area contributed by atoms with Crippen molar-refractivity contribution in [2.24, 2.45) is 0 Å². The summed E-state index contributed by atoms with van der Waals surface area (Å²) in [5.41, 5.74) is 4.07. The highest BCUT2D eigenvalue weighted by atomic mass is 35.5. The number of nitrogens with zero attached hydrogens (tertiary/aromatic N) is 2. The average molecular weight is 1310 g/mol. The van der Waals surface area contributed by atoms with E-state index in [1.165, 1.54) is 12.8 Å². The fraction of sp³-hybridized carbons (Fsp3) is 0.587. The van der Waals surface area contributed by atoms with Gasteiger partial charge in [0, 0.05) is 76.9 Å². The molecule has 4 aliphatic rings. The molecule has 4 atom stereocenters. The molecule has 3 N–H and O–H groups in total. The average Bonchev–Trinajstić information content (AvgIpc) is 2.08. The number of carbonyl (C=O) groups is 2. The Morgan fingerprint density at radius 2 is 0.942 bits per heavy atom. The molecule has 0 radical (unpaired) electrons. The van der Waals surface area contributed by atoms with Gasteiger partial charge in [0.1, 0.15) is 29.5 Å². The van der Waals surface area contributed by atoms with Crippen LogP contribution < -0.4 is 24.8 Å². The van der Waals surface area contributed by atoms with Gasteiger partial charge in [0.2, 0.25) is 10.0 Å². The number of nitrogens with one attached hydrogen (secondary N) is 3. The number of carbonyl (C=O) groups excluding carboxylic acids is 2. The van der Waals surface area contributed by atoms with E-state index in [-0.39, 0.29) is 71.4 Å². The zero-order valence-electron chi connectivity index (χ0n) is 49.2. The minimum Gasteiger partial charge on any atom is -0.484 e. The molecule has 0 unspecified atom stereocenters. The van der Waals surface area contributed by atoms with E-state index in [4.69, 9.17) is 74.8 Å². The third kappa shape index (κ3) is 20.9. The number of urea groups is 1. The van der Waals surface area contributed by atoms with E-state index >= 15 is 0 Å². The van der Waals surface area contributed by atoms with Gasteiger partial charge in [-0.3, -0.25) is 14.6 Å². The number of hydrogen-bond acceptors (Lipinski definition) is 14. The molecule has 4 aromatic carbocycles. The molecule has 0 bridgehead atoms. The monoisotopic (exact) mass is 1310 g/mol. The van der Waals surface area contributed by atoms with Crippen molar-refractivity contribution in [3.63, 3.8) is 0 Å². The predicted octanol–water partition coefficient (Wildman–Crippen LogP) is 11.6. The van der Waals surface area contributed by atoms with Gasteiger partial charge in [-0.1, -0.05) is 72.1 Å². The van der Waals surface area contributed by atoms with Gasteiger partial charge >= 0.3 is 6.03 Å². The number of hydrogen-bond donors (Lipinski definition) is 3. The Balaban J connectivity index is 0.565. The number of fused-ring (bicyclic) bond motifs is 2. The number of benzene rings is 4. The van der Waals surface area contributed by atoms with Crippen LogP contribution in [0.1, 0.15) is 131 Å². The molecular formula is C63H85Cl4N5O12S2. The molecule has 2 saturated heterocycles. The summed E-state index contributed by atoms with van der Waals surface area (Å²) < 4.78 is 90.5. The van der Waals surface area contributed by atoms with Gasteiger partial charge in [-0.2, -0.15) is 0 Å². The fourth-order valence-electron chi connectivity index (χ4n) is 11.8. The van der Waals surface area contributed by atoms with Crippen LogP contribution in [0.25, 0.3) is 0 Å². The largest absolute Gasteiger partial charge is 0.484 e. The number of amides is 2. The Labute approximate surface area is 529 Å². The van der Waals surface area contributed by atoms with Crippen molar-refractivity contribution in [3.05, 3.63) is 115 Å². The molecule has 474 valence electrons. The van der Waals surface area contributed by atoms with E-state index in [0.29, 0.717) is 104 Å². The number of sulfonamides is 1. The van der Waals surface area contributed by atoms with Gasteiger partial charge < -0.3 is 39.1 Å². The molecule has 4 aromatic rings. The third-order valence-corrected chi connectivity index (χ3v) is 20.7. The normalized spacial score (nSPS) is 19.1. The van der Waals surface area contributed by atoms with Crippen LogP contribution in [0.5, 0.6) is 11.5 Å². The zero-order valence-corrected chi connectivity index (χ0v) is 53.9. The van der Waals surface area contributed by atoms with Crippen molar-refractivity contribution < 1.29 is 54.8 Å². The maximum atomic E-state index is 13.1. The number of rotatable bonds is 37. The van der Waals surface area contributed by atoms with Crippen molar-refractivity contribution in [1.82, 2.24) is 25.2 Å². The Kier molecular flexibility index (Phi) is 27.7. The number of ketones is 1. The van der Waals surface area contributed by atoms with Crippen molar-refractivity contribution in [1.29, 1.82) is 0 Å². The summed E-state index contributed by atoms with van der Waals surface area (Å²) in [5.74, 6) is 1.34. The second-order valence-corrected chi connectivity index (χ2v) is 28.1. The highest BCUT2D eigenvalue weighted by molar-refractivity contribution is 7.91. The molecule has 86 heavy (non-hydrogen) atoms. The van der Waals surface area contributed by atoms with E-state index in [9.17, 15) is 26.4 Å². The zero-order chi connectivity index (χ0) is 60.7. The molecule has 0 aromatic heterocycles. The second kappa shape index (κ2) is 35.0. The summed E-state index contributed by atoms with van der Waals surface area (Å²) in [5, 5.41) is 8.00. The standard InChI is InChI=1S/C63H85Cl4N5O12S2/c64-46-40-55-53(57(66)42-46)44-59(71-27-8-3-9-28-71)61(55)83-49-16-20-51(21-17-49)85(75,76)39-13-32-80-36-37-81-33-25-69-63(74)68-24-7-1-5-14-48(73)15-6-2-12-31-79-35-38-82-34-26-70-86(77,78)52-22-18-50(19-23-52)84-62-56-41-47(65)43-58(67)54(56)45-60(62)72-29-10-4-11-30-72/h16-23,40-43,59-62,70H,1-15,24-39,44-45H2,(H2,68,69,74)/t59-,60-,61-,62-/m0/s1. The molecule has 17 nitrogen and oxygen atoms in total. The van der Waals surface area contributed by atoms with E-state index in [0.717, 1.165) is 125 Å². The molecule has 8 rings (SSSR count). The lowest BCUT2D eigenvalue weighted by Crippen LogP contribution is -2.43. The lowest BCUT2D eigenvalue weighted by molar-refractivity contribution is -0.119. The number of sulfone groups is 1. The van der Waals surface area contributed by atoms with Crippen LogP contribution in [0.4, 0.5) is 4.79 Å². The second-order valence-electron chi connectivity index (χ2n) is 22.5. The quantitative estimate of drug-likeness (QED) is 0.0360. The molecule has 23 heteroatoms. The summed E-state index contributed by atoms with van der Waals surface area (Å²) in [6.45, 7) is 7.60. The summed E-state index contributed by atoms with van der Waals surface area (Å²) >= 11 is 26.1. The minimum atomic E-state index is -3.76. The molecule has 2 aliphatic carbocycles. The van der Waals surface area contributed by atoms with Gasteiger partial charge in [-0.05, 0) is 181 Å². The maximum Gasteiger partial charge on any atom is 0.314 e. The summed E-state index contributed by atoms with van der Waals surface area (Å²) in [4.78, 5) is 29.9. The molecule has 2 amide bonds. The van der Waals surface area contributed by atoms with E-state index in [1.807, 2.05) is 12.1 Å². The van der Waals surface area contributed by atoms with E-state index < -0.39 is 19.9 Å². The molecule has 2 aliphatic heterocycles. The lowest BCUT2D eigenvalue weighted by atomic mass is 10.0. The molecule has 2 fully saturated rings. The first-order chi connectivity index (χ1) is 41.6. The lowest BCUT2D eigenvalue weighted by Gasteiger charge is -2.35. The summed E-state index contributed by atoms with van der Waals surface area (Å²) in [7, 11) is -7.29. The number of halogens is 4. The Morgan fingerprint density at radius 3 is 1.47 bits per heavy atom. The smallest absolute Gasteiger partial charge is 0.314 e. The van der Waals surface area contributed by atoms with Crippen molar-refractivity contribution in [2.45, 2.75) is 143 Å². The minimum absolute atomic E-state index is 0.0578. The highest BCUT2D eigenvalue weighted by Crippen LogP contribution is 2.45. The number of piperidine rings is 2. The Bertz CT molecular complexity index is 3010. The third-order valence-electron chi connectivity index (χ3n) is 16.3. The summed E-state index contributed by atoms with van der Waals surface area (Å²) in [6.07, 6.45) is 14.3. The van der Waals surface area contributed by atoms with Crippen LogP contribution in [0.2, 0.25) is 20.1 Å². The van der Waals surface area contributed by atoms with Crippen molar-refractivity contribution in [3.8, 4) is 11.5 Å². The van der Waals surface area contributed by atoms with Crippen molar-refractivity contribution >= 4 is 78.1 Å². The number of unbranched alkanes of at least 4 members (excludes halogenated alkanes) is 4. The first-order valence-corrected chi connectivity index (χ1v) is 35.3. The van der Waals surface area contributed by atoms with E-state index in [2.05, 4.69) is 25.2 Å². The fourth-order valence-corrected chi connectivity index (χ4v) is 15.2. The number of likely N-dealkylation sites (tertiary alicyclic amines) is 2. The van der Waals surface area contributed by atoms with Gasteiger partial charge in [0.05, 0.1) is 67.3 Å². The van der Waals surface area contributed by atoms with Crippen LogP contribution in [0, 0.1) is 0 Å². The SMILES string of the molecule is O=C(CCCCCNC(=O)NCCOCCOCCCS(=O)(=O)c1ccc(O[C@H]2c3cc(Cl)cc(Cl)c3C[C@@H]2N2CCCCC2)cc1)CCCCCOCCOCCNS(=O)(=O)c1ccc(O[C@H]2c3cc(Cl)cc(Cl)c3C[C@@H]2N2CCCCC2)cc1. The first-order valence-electron chi connectivity index (χ1n) is 30.7. The molecule has 0 saturated carbocycles. The topological polar surface area (TPSA) is 200 Å². The van der Waals surface area contributed by atoms with Crippen LogP contribution >= 0.6 is 46.4 Å². The first kappa shape index (κ1) is 68.1. The molecule has 0 spiro atoms. The molecular weight excluding hydrogens is 1220 g/mol. The van der Waals surface area contributed by atoms with Crippen molar-refractivity contribution in [2.75, 3.05) is 104 Å². The van der Waals surface area contributed by atoms with Gasteiger partial charge in [0.25, 0.3) is 0 Å². The van der Waals surface area contributed by atoms with Crippen LogP contribution in [0.15, 0.2) is 82.6 Å². The van der Waals surface area contributed by atoms with Gasteiger partial charge in [-0.15, -0.1) is 0 Å². The predicted molar refractivity (Wildman–Crippen MR) is 337 cm³/mol. The molecule has 2 heterocycles. The van der Waals surface area contributed by atoms with E-state index in [1.54, 1.807) is 60.7 Å². The Morgan fingerprint density at radius 1 is 0.488 bits per heavy atom. The summed E-state index contributed by atoms with van der Waals surface area (Å²) in [6, 6.07) is 20.4. The van der Waals surface area contributed by atoms with Crippen LogP contribution in [0.3, 0.4) is 0 Å². The van der Waals surface area contributed by atoms with Gasteiger partial charge in [-0.25, -0.2) is 26.4 Å². The number of ether oxygens (including phenoxy) is 6. The Hall–Kier alpha value is -3.80. The van der Waals surface area contributed by atoms with Crippen LogP contribution in [-0.2, 0) is 56.4 Å². The van der Waals surface area contributed by atoms with Gasteiger partial charge in [0.15, 0.2) is 9.84 Å². The van der Waals surface area contributed by atoms with Crippen LogP contribution in [-0.4, -0.2) is 155 Å². The highest BCUT2D eigenvalue weighted by Gasteiger charge is 2.41.